The Balaban J connectivity index is 2.35. The summed E-state index contributed by atoms with van der Waals surface area (Å²) in [5.41, 5.74) is 8.32. The smallest absolute Gasteiger partial charge is 0.142 e. The molecular formula is C16H19BrN2O2. The van der Waals surface area contributed by atoms with E-state index >= 15 is 0 Å². The van der Waals surface area contributed by atoms with Gasteiger partial charge in [0.15, 0.2) is 0 Å². The van der Waals surface area contributed by atoms with Crippen LogP contribution in [-0.2, 0) is 0 Å². The third kappa shape index (κ3) is 4.04. The maximum absolute atomic E-state index is 6.00. The second-order valence-electron chi connectivity index (χ2n) is 4.38. The van der Waals surface area contributed by atoms with Crippen LogP contribution in [0.2, 0.25) is 0 Å². The summed E-state index contributed by atoms with van der Waals surface area (Å²) in [5.74, 6) is 1.55. The Bertz CT molecular complexity index is 617. The van der Waals surface area contributed by atoms with Gasteiger partial charge in [0.05, 0.1) is 30.3 Å². The molecule has 4 nitrogen and oxygen atoms in total. The fourth-order valence-corrected chi connectivity index (χ4v) is 2.29. The molecule has 0 unspecified atom stereocenters. The van der Waals surface area contributed by atoms with E-state index in [0.717, 1.165) is 27.3 Å². The first-order chi connectivity index (χ1) is 10.1. The van der Waals surface area contributed by atoms with Crippen molar-refractivity contribution in [2.45, 2.75) is 13.8 Å². The SMILES string of the molecule is CCOc1ccc(OCC)c(Nc2cc(Br)ccc2N)c1. The van der Waals surface area contributed by atoms with Crippen LogP contribution >= 0.6 is 15.9 Å². The second kappa shape index (κ2) is 7.22. The molecule has 0 fully saturated rings. The summed E-state index contributed by atoms with van der Waals surface area (Å²) >= 11 is 3.45. The molecule has 0 bridgehead atoms. The third-order valence-corrected chi connectivity index (χ3v) is 3.34. The zero-order chi connectivity index (χ0) is 15.2. The van der Waals surface area contributed by atoms with Crippen LogP contribution in [0, 0.1) is 0 Å². The molecule has 0 spiro atoms. The minimum absolute atomic E-state index is 0.594. The van der Waals surface area contributed by atoms with Crippen LogP contribution in [0.5, 0.6) is 11.5 Å². The molecule has 0 atom stereocenters. The zero-order valence-corrected chi connectivity index (χ0v) is 13.7. The van der Waals surface area contributed by atoms with Gasteiger partial charge in [0, 0.05) is 10.5 Å². The molecule has 0 aliphatic carbocycles. The molecule has 0 saturated heterocycles. The van der Waals surface area contributed by atoms with E-state index in [0.29, 0.717) is 18.9 Å². The second-order valence-corrected chi connectivity index (χ2v) is 5.30. The summed E-state index contributed by atoms with van der Waals surface area (Å²) in [6.07, 6.45) is 0. The first-order valence-corrected chi connectivity index (χ1v) is 7.65. The number of ether oxygens (including phenoxy) is 2. The van der Waals surface area contributed by atoms with E-state index in [2.05, 4.69) is 21.2 Å². The van der Waals surface area contributed by atoms with Gasteiger partial charge in [-0.2, -0.15) is 0 Å². The van der Waals surface area contributed by atoms with Crippen molar-refractivity contribution < 1.29 is 9.47 Å². The van der Waals surface area contributed by atoms with Gasteiger partial charge in [-0.05, 0) is 44.2 Å². The predicted molar refractivity (Wildman–Crippen MR) is 90.6 cm³/mol. The van der Waals surface area contributed by atoms with Gasteiger partial charge < -0.3 is 20.5 Å². The monoisotopic (exact) mass is 350 g/mol. The van der Waals surface area contributed by atoms with Crippen molar-refractivity contribution in [3.05, 3.63) is 40.9 Å². The van der Waals surface area contributed by atoms with Crippen LogP contribution in [0.25, 0.3) is 0 Å². The van der Waals surface area contributed by atoms with E-state index in [-0.39, 0.29) is 0 Å². The summed E-state index contributed by atoms with van der Waals surface area (Å²) in [5, 5.41) is 3.31. The minimum Gasteiger partial charge on any atom is -0.494 e. The Kier molecular flexibility index (Phi) is 5.33. The number of nitrogens with one attached hydrogen (secondary N) is 1. The van der Waals surface area contributed by atoms with Crippen LogP contribution < -0.4 is 20.5 Å². The molecule has 21 heavy (non-hydrogen) atoms. The van der Waals surface area contributed by atoms with E-state index in [4.69, 9.17) is 15.2 Å². The fourth-order valence-electron chi connectivity index (χ4n) is 1.93. The van der Waals surface area contributed by atoms with E-state index in [9.17, 15) is 0 Å². The van der Waals surface area contributed by atoms with E-state index < -0.39 is 0 Å². The molecule has 0 aromatic heterocycles. The summed E-state index contributed by atoms with van der Waals surface area (Å²) in [7, 11) is 0. The molecule has 2 aromatic carbocycles. The lowest BCUT2D eigenvalue weighted by atomic mass is 10.2. The van der Waals surface area contributed by atoms with Crippen LogP contribution in [-0.4, -0.2) is 13.2 Å². The summed E-state index contributed by atoms with van der Waals surface area (Å²) in [4.78, 5) is 0. The van der Waals surface area contributed by atoms with Gasteiger partial charge in [-0.25, -0.2) is 0 Å². The molecule has 2 aromatic rings. The first kappa shape index (κ1) is 15.5. The Hall–Kier alpha value is -1.88. The molecule has 0 aliphatic rings. The molecule has 2 rings (SSSR count). The van der Waals surface area contributed by atoms with Crippen LogP contribution in [0.4, 0.5) is 17.1 Å². The maximum Gasteiger partial charge on any atom is 0.142 e. The van der Waals surface area contributed by atoms with E-state index in [1.165, 1.54) is 0 Å². The highest BCUT2D eigenvalue weighted by Gasteiger charge is 2.08. The zero-order valence-electron chi connectivity index (χ0n) is 12.2. The summed E-state index contributed by atoms with van der Waals surface area (Å²) in [6, 6.07) is 11.4. The number of hydrogen-bond donors (Lipinski definition) is 2. The van der Waals surface area contributed by atoms with Gasteiger partial charge in [-0.3, -0.25) is 0 Å². The highest BCUT2D eigenvalue weighted by Crippen LogP contribution is 2.34. The Morgan fingerprint density at radius 3 is 2.48 bits per heavy atom. The lowest BCUT2D eigenvalue weighted by molar-refractivity contribution is 0.332. The number of halogens is 1. The van der Waals surface area contributed by atoms with Crippen molar-refractivity contribution in [3.8, 4) is 11.5 Å². The fraction of sp³-hybridized carbons (Fsp3) is 0.250. The van der Waals surface area contributed by atoms with Gasteiger partial charge in [-0.1, -0.05) is 15.9 Å². The normalized spacial score (nSPS) is 10.2. The quantitative estimate of drug-likeness (QED) is 0.749. The number of nitrogen functional groups attached to an aromatic ring is 1. The Morgan fingerprint density at radius 2 is 1.76 bits per heavy atom. The largest absolute Gasteiger partial charge is 0.494 e. The van der Waals surface area contributed by atoms with Crippen LogP contribution in [0.3, 0.4) is 0 Å². The third-order valence-electron chi connectivity index (χ3n) is 2.85. The van der Waals surface area contributed by atoms with Crippen molar-refractivity contribution >= 4 is 33.0 Å². The van der Waals surface area contributed by atoms with Gasteiger partial charge in [-0.15, -0.1) is 0 Å². The summed E-state index contributed by atoms with van der Waals surface area (Å²) < 4.78 is 12.1. The van der Waals surface area contributed by atoms with Crippen LogP contribution in [0.1, 0.15) is 13.8 Å². The molecule has 0 amide bonds. The van der Waals surface area contributed by atoms with Crippen LogP contribution in [0.15, 0.2) is 40.9 Å². The molecule has 0 radical (unpaired) electrons. The molecule has 0 aliphatic heterocycles. The van der Waals surface area contributed by atoms with Crippen molar-refractivity contribution in [2.24, 2.45) is 0 Å². The molecular weight excluding hydrogens is 332 g/mol. The Labute approximate surface area is 133 Å². The van der Waals surface area contributed by atoms with E-state index in [1.807, 2.05) is 50.2 Å². The maximum atomic E-state index is 6.00. The molecule has 112 valence electrons. The predicted octanol–water partition coefficient (Wildman–Crippen LogP) is 4.57. The van der Waals surface area contributed by atoms with Gasteiger partial charge >= 0.3 is 0 Å². The number of nitrogens with two attached hydrogens (primary N) is 1. The standard InChI is InChI=1S/C16H19BrN2O2/c1-3-20-12-6-8-16(21-4-2)15(10-12)19-14-9-11(17)5-7-13(14)18/h5-10,19H,3-4,18H2,1-2H3. The number of hydrogen-bond acceptors (Lipinski definition) is 4. The molecule has 3 N–H and O–H groups in total. The lowest BCUT2D eigenvalue weighted by Gasteiger charge is -2.15. The highest BCUT2D eigenvalue weighted by atomic mass is 79.9. The summed E-state index contributed by atoms with van der Waals surface area (Å²) in [6.45, 7) is 5.12. The average molecular weight is 351 g/mol. The first-order valence-electron chi connectivity index (χ1n) is 6.85. The minimum atomic E-state index is 0.594. The number of anilines is 3. The lowest BCUT2D eigenvalue weighted by Crippen LogP contribution is -2.01. The topological polar surface area (TPSA) is 56.5 Å². The number of benzene rings is 2. The molecule has 0 saturated carbocycles. The highest BCUT2D eigenvalue weighted by molar-refractivity contribution is 9.10. The van der Waals surface area contributed by atoms with Gasteiger partial charge in [0.25, 0.3) is 0 Å². The van der Waals surface area contributed by atoms with Gasteiger partial charge in [0.1, 0.15) is 11.5 Å². The van der Waals surface area contributed by atoms with Gasteiger partial charge in [0.2, 0.25) is 0 Å². The number of rotatable bonds is 6. The van der Waals surface area contributed by atoms with Crippen molar-refractivity contribution in [3.63, 3.8) is 0 Å². The van der Waals surface area contributed by atoms with Crippen molar-refractivity contribution in [2.75, 3.05) is 24.3 Å². The van der Waals surface area contributed by atoms with Crippen molar-refractivity contribution in [1.82, 2.24) is 0 Å². The molecule has 0 heterocycles. The molecule has 5 heteroatoms. The average Bonchev–Trinajstić information content (AvgIpc) is 2.46. The van der Waals surface area contributed by atoms with Crippen molar-refractivity contribution in [1.29, 1.82) is 0 Å². The van der Waals surface area contributed by atoms with E-state index in [1.54, 1.807) is 0 Å². The Morgan fingerprint density at radius 1 is 1.00 bits per heavy atom.